The van der Waals surface area contributed by atoms with E-state index in [0.29, 0.717) is 53.3 Å². The molecular formula is C31H28N2O6S. The van der Waals surface area contributed by atoms with Gasteiger partial charge in [0.1, 0.15) is 24.7 Å². The number of aryl methyl sites for hydroxylation is 2. The lowest BCUT2D eigenvalue weighted by Crippen LogP contribution is -2.29. The number of aliphatic hydroxyl groups is 1. The summed E-state index contributed by atoms with van der Waals surface area (Å²) in [6.45, 7) is 7.40. The largest absolute Gasteiger partial charge is 0.507 e. The number of benzene rings is 3. The maximum absolute atomic E-state index is 13.6. The van der Waals surface area contributed by atoms with Gasteiger partial charge < -0.3 is 19.3 Å². The van der Waals surface area contributed by atoms with Crippen LogP contribution in [-0.4, -0.2) is 41.6 Å². The van der Waals surface area contributed by atoms with Crippen molar-refractivity contribution in [2.24, 2.45) is 0 Å². The van der Waals surface area contributed by atoms with Crippen LogP contribution in [0.4, 0.5) is 5.13 Å². The van der Waals surface area contributed by atoms with Gasteiger partial charge in [0.05, 0.1) is 28.4 Å². The molecule has 1 N–H and O–H groups in total. The predicted octanol–water partition coefficient (Wildman–Crippen LogP) is 6.10. The van der Waals surface area contributed by atoms with Crippen molar-refractivity contribution in [3.63, 3.8) is 0 Å². The number of thiazole rings is 1. The Hall–Kier alpha value is -4.37. The Morgan fingerprint density at radius 1 is 1.05 bits per heavy atom. The lowest BCUT2D eigenvalue weighted by Gasteiger charge is -2.23. The molecule has 1 unspecified atom stereocenters. The highest BCUT2D eigenvalue weighted by Gasteiger charge is 2.48. The summed E-state index contributed by atoms with van der Waals surface area (Å²) in [7, 11) is 0. The summed E-state index contributed by atoms with van der Waals surface area (Å²) in [4.78, 5) is 33.4. The third kappa shape index (κ3) is 4.46. The monoisotopic (exact) mass is 556 g/mol. The highest BCUT2D eigenvalue weighted by atomic mass is 32.1. The van der Waals surface area contributed by atoms with Gasteiger partial charge in [-0.05, 0) is 73.4 Å². The van der Waals surface area contributed by atoms with Crippen molar-refractivity contribution in [3.8, 4) is 17.2 Å². The van der Waals surface area contributed by atoms with Gasteiger partial charge >= 0.3 is 5.91 Å². The first-order valence-electron chi connectivity index (χ1n) is 13.2. The smallest absolute Gasteiger partial charge is 0.301 e. The molecule has 0 saturated carbocycles. The van der Waals surface area contributed by atoms with Gasteiger partial charge in [-0.1, -0.05) is 36.5 Å². The number of carbonyl (C=O) groups excluding carboxylic acids is 2. The summed E-state index contributed by atoms with van der Waals surface area (Å²) in [5.41, 5.74) is 3.83. The quantitative estimate of drug-likeness (QED) is 0.174. The fourth-order valence-electron chi connectivity index (χ4n) is 5.12. The zero-order valence-corrected chi connectivity index (χ0v) is 23.2. The van der Waals surface area contributed by atoms with Crippen LogP contribution in [0.2, 0.25) is 0 Å². The highest BCUT2D eigenvalue weighted by Crippen LogP contribution is 2.45. The molecule has 2 aliphatic rings. The van der Waals surface area contributed by atoms with Gasteiger partial charge in [-0.25, -0.2) is 4.98 Å². The van der Waals surface area contributed by atoms with Crippen LogP contribution in [0.25, 0.3) is 16.0 Å². The molecule has 3 heterocycles. The summed E-state index contributed by atoms with van der Waals surface area (Å²) in [6.07, 6.45) is 0.869. The number of carbonyl (C=O) groups is 2. The Morgan fingerprint density at radius 2 is 1.80 bits per heavy atom. The minimum absolute atomic E-state index is 0.0175. The van der Waals surface area contributed by atoms with Crippen LogP contribution in [0.15, 0.2) is 60.2 Å². The van der Waals surface area contributed by atoms with E-state index in [9.17, 15) is 14.7 Å². The molecule has 0 radical (unpaired) electrons. The number of aromatic nitrogens is 1. The number of anilines is 1. The lowest BCUT2D eigenvalue weighted by atomic mass is 9.95. The number of fused-ring (bicyclic) bond motifs is 2. The normalized spacial score (nSPS) is 18.0. The van der Waals surface area contributed by atoms with Gasteiger partial charge in [0.25, 0.3) is 5.78 Å². The number of nitrogens with zero attached hydrogens (tertiary/aromatic N) is 2. The highest BCUT2D eigenvalue weighted by molar-refractivity contribution is 7.22. The van der Waals surface area contributed by atoms with E-state index in [-0.39, 0.29) is 11.3 Å². The van der Waals surface area contributed by atoms with E-state index in [1.807, 2.05) is 45.0 Å². The van der Waals surface area contributed by atoms with Crippen LogP contribution >= 0.6 is 11.3 Å². The molecule has 6 rings (SSSR count). The molecule has 0 bridgehead atoms. The molecule has 1 aromatic heterocycles. The number of amides is 1. The predicted molar refractivity (Wildman–Crippen MR) is 154 cm³/mol. The summed E-state index contributed by atoms with van der Waals surface area (Å²) >= 11 is 1.35. The Morgan fingerprint density at radius 3 is 2.55 bits per heavy atom. The zero-order valence-electron chi connectivity index (χ0n) is 22.4. The number of hydrogen-bond acceptors (Lipinski definition) is 8. The van der Waals surface area contributed by atoms with Gasteiger partial charge in [-0.3, -0.25) is 14.5 Å². The molecule has 1 atom stereocenters. The van der Waals surface area contributed by atoms with Crippen molar-refractivity contribution in [1.82, 2.24) is 4.98 Å². The van der Waals surface area contributed by atoms with E-state index in [4.69, 9.17) is 19.2 Å². The molecule has 1 saturated heterocycles. The second-order valence-electron chi connectivity index (χ2n) is 9.87. The lowest BCUT2D eigenvalue weighted by molar-refractivity contribution is -0.132. The van der Waals surface area contributed by atoms with E-state index in [1.54, 1.807) is 30.3 Å². The fraction of sp³-hybridized carbons (Fsp3) is 0.258. The van der Waals surface area contributed by atoms with Crippen LogP contribution in [0.1, 0.15) is 41.6 Å². The van der Waals surface area contributed by atoms with Gasteiger partial charge in [0, 0.05) is 5.56 Å². The van der Waals surface area contributed by atoms with Crippen LogP contribution < -0.4 is 19.1 Å². The molecule has 4 aromatic rings. The number of hydrogen-bond donors (Lipinski definition) is 1. The number of ketones is 1. The second kappa shape index (κ2) is 10.3. The van der Waals surface area contributed by atoms with Crippen molar-refractivity contribution < 1.29 is 28.9 Å². The fourth-order valence-corrected chi connectivity index (χ4v) is 6.29. The SMILES string of the molecule is CCCOc1ccc(C2/C(=C(\O)c3ccc4c(c3)OCCO4)C(=O)C(=O)N2c2nc3c(C)cc(C)cc3s2)cc1. The molecule has 0 aliphatic carbocycles. The first-order valence-corrected chi connectivity index (χ1v) is 14.0. The van der Waals surface area contributed by atoms with Crippen LogP contribution in [-0.2, 0) is 9.59 Å². The number of aliphatic hydroxyl groups excluding tert-OH is 1. The summed E-state index contributed by atoms with van der Waals surface area (Å²) < 4.78 is 17.9. The number of Topliss-reactive ketones (excluding diaryl/α,β-unsaturated/α-hetero) is 1. The molecule has 1 fully saturated rings. The minimum Gasteiger partial charge on any atom is -0.507 e. The van der Waals surface area contributed by atoms with Gasteiger partial charge in [-0.2, -0.15) is 0 Å². The zero-order chi connectivity index (χ0) is 28.0. The number of ether oxygens (including phenoxy) is 3. The molecular weight excluding hydrogens is 528 g/mol. The maximum Gasteiger partial charge on any atom is 0.301 e. The van der Waals surface area contributed by atoms with Crippen LogP contribution in [0.3, 0.4) is 0 Å². The van der Waals surface area contributed by atoms with Crippen molar-refractivity contribution in [2.45, 2.75) is 33.2 Å². The summed E-state index contributed by atoms with van der Waals surface area (Å²) in [6, 6.07) is 15.4. The Labute approximate surface area is 235 Å². The van der Waals surface area contributed by atoms with E-state index < -0.39 is 17.7 Å². The molecule has 0 spiro atoms. The maximum atomic E-state index is 13.6. The average molecular weight is 557 g/mol. The third-order valence-corrected chi connectivity index (χ3v) is 7.96. The Kier molecular flexibility index (Phi) is 6.67. The van der Waals surface area contributed by atoms with Gasteiger partial charge in [-0.15, -0.1) is 0 Å². The van der Waals surface area contributed by atoms with Crippen molar-refractivity contribution in [3.05, 3.63) is 82.4 Å². The molecule has 3 aromatic carbocycles. The van der Waals surface area contributed by atoms with Gasteiger partial charge in [0.2, 0.25) is 0 Å². The molecule has 204 valence electrons. The third-order valence-electron chi connectivity index (χ3n) is 6.95. The van der Waals surface area contributed by atoms with Gasteiger partial charge in [0.15, 0.2) is 16.6 Å². The topological polar surface area (TPSA) is 98.2 Å². The van der Waals surface area contributed by atoms with E-state index in [2.05, 4.69) is 0 Å². The standard InChI is InChI=1S/C31H28N2O6S/c1-4-11-37-21-8-5-19(6-9-21)27-25(28(34)20-7-10-22-23(16-20)39-13-12-38-22)29(35)30(36)33(27)31-32-26-18(3)14-17(2)15-24(26)40-31/h5-10,14-16,27,34H,4,11-13H2,1-3H3/b28-25+. The molecule has 40 heavy (non-hydrogen) atoms. The van der Waals surface area contributed by atoms with Crippen molar-refractivity contribution in [1.29, 1.82) is 0 Å². The van der Waals surface area contributed by atoms with E-state index in [0.717, 1.165) is 27.8 Å². The van der Waals surface area contributed by atoms with E-state index >= 15 is 0 Å². The van der Waals surface area contributed by atoms with Crippen molar-refractivity contribution >= 4 is 44.1 Å². The summed E-state index contributed by atoms with van der Waals surface area (Å²) in [5, 5.41) is 11.9. The first kappa shape index (κ1) is 25.9. The molecule has 9 heteroatoms. The average Bonchev–Trinajstić information content (AvgIpc) is 3.49. The van der Waals surface area contributed by atoms with E-state index in [1.165, 1.54) is 16.2 Å². The minimum atomic E-state index is -0.893. The Balaban J connectivity index is 1.51. The van der Waals surface area contributed by atoms with Crippen LogP contribution in [0, 0.1) is 13.8 Å². The summed E-state index contributed by atoms with van der Waals surface area (Å²) in [5.74, 6) is -0.111. The van der Waals surface area contributed by atoms with Crippen molar-refractivity contribution in [2.75, 3.05) is 24.7 Å². The number of rotatable bonds is 6. The Bertz CT molecular complexity index is 1670. The van der Waals surface area contributed by atoms with Crippen LogP contribution in [0.5, 0.6) is 17.2 Å². The first-order chi connectivity index (χ1) is 19.4. The molecule has 2 aliphatic heterocycles. The second-order valence-corrected chi connectivity index (χ2v) is 10.9. The molecule has 8 nitrogen and oxygen atoms in total. The molecule has 1 amide bonds.